The molecule has 1 heterocycles. The molecule has 1 saturated heterocycles. The van der Waals surface area contributed by atoms with Crippen molar-refractivity contribution in [2.75, 3.05) is 33.4 Å². The Morgan fingerprint density at radius 1 is 1.21 bits per heavy atom. The van der Waals surface area contributed by atoms with Gasteiger partial charge in [0, 0.05) is 7.11 Å². The zero-order valence-corrected chi connectivity index (χ0v) is 12.6. The lowest BCUT2D eigenvalue weighted by Gasteiger charge is -2.25. The Morgan fingerprint density at radius 2 is 1.95 bits per heavy atom. The van der Waals surface area contributed by atoms with E-state index in [0.717, 1.165) is 18.8 Å². The van der Waals surface area contributed by atoms with E-state index in [1.807, 2.05) is 0 Å². The van der Waals surface area contributed by atoms with E-state index >= 15 is 0 Å². The highest BCUT2D eigenvalue weighted by molar-refractivity contribution is 5.85. The van der Waals surface area contributed by atoms with Gasteiger partial charge in [0.15, 0.2) is 0 Å². The minimum absolute atomic E-state index is 0. The van der Waals surface area contributed by atoms with Crippen LogP contribution in [0.1, 0.15) is 29.9 Å². The first-order valence-electron chi connectivity index (χ1n) is 6.74. The zero-order chi connectivity index (χ0) is 12.8. The molecule has 1 fully saturated rings. The number of rotatable bonds is 5. The largest absolute Gasteiger partial charge is 0.491 e. The van der Waals surface area contributed by atoms with Crippen LogP contribution in [-0.4, -0.2) is 33.4 Å². The lowest BCUT2D eigenvalue weighted by atomic mass is 9.89. The molecule has 0 bridgehead atoms. The SMILES string of the molecule is COCCOc1cc(C)ccc1C1CCNCC1.Cl. The Morgan fingerprint density at radius 3 is 2.63 bits per heavy atom. The molecule has 0 saturated carbocycles. The molecular weight excluding hydrogens is 262 g/mol. The van der Waals surface area contributed by atoms with Gasteiger partial charge in [0.2, 0.25) is 0 Å². The van der Waals surface area contributed by atoms with Gasteiger partial charge in [-0.3, -0.25) is 0 Å². The average molecular weight is 286 g/mol. The van der Waals surface area contributed by atoms with Crippen LogP contribution in [0.3, 0.4) is 0 Å². The maximum atomic E-state index is 5.87. The smallest absolute Gasteiger partial charge is 0.123 e. The first kappa shape index (κ1) is 16.3. The molecule has 1 aliphatic rings. The summed E-state index contributed by atoms with van der Waals surface area (Å²) in [4.78, 5) is 0. The van der Waals surface area contributed by atoms with Crippen LogP contribution in [0, 0.1) is 6.92 Å². The van der Waals surface area contributed by atoms with Crippen molar-refractivity contribution in [1.82, 2.24) is 5.32 Å². The first-order valence-corrected chi connectivity index (χ1v) is 6.74. The summed E-state index contributed by atoms with van der Waals surface area (Å²) in [6, 6.07) is 6.56. The number of benzene rings is 1. The summed E-state index contributed by atoms with van der Waals surface area (Å²) in [5.41, 5.74) is 2.61. The third kappa shape index (κ3) is 4.68. The van der Waals surface area contributed by atoms with E-state index in [-0.39, 0.29) is 12.4 Å². The quantitative estimate of drug-likeness (QED) is 0.844. The van der Waals surface area contributed by atoms with Gasteiger partial charge in [-0.05, 0) is 56.0 Å². The molecule has 3 nitrogen and oxygen atoms in total. The fourth-order valence-corrected chi connectivity index (χ4v) is 2.47. The van der Waals surface area contributed by atoms with Crippen LogP contribution in [-0.2, 0) is 4.74 Å². The predicted molar refractivity (Wildman–Crippen MR) is 80.6 cm³/mol. The number of ether oxygens (including phenoxy) is 2. The van der Waals surface area contributed by atoms with Crippen LogP contribution in [0.15, 0.2) is 18.2 Å². The summed E-state index contributed by atoms with van der Waals surface area (Å²) in [5.74, 6) is 1.67. The molecule has 4 heteroatoms. The predicted octanol–water partition coefficient (Wildman–Crippen LogP) is 2.91. The molecule has 0 atom stereocenters. The van der Waals surface area contributed by atoms with Crippen LogP contribution >= 0.6 is 12.4 Å². The van der Waals surface area contributed by atoms with Gasteiger partial charge in [0.25, 0.3) is 0 Å². The van der Waals surface area contributed by atoms with Crippen LogP contribution < -0.4 is 10.1 Å². The third-order valence-corrected chi connectivity index (χ3v) is 3.49. The second kappa shape index (κ2) is 8.41. The van der Waals surface area contributed by atoms with Crippen molar-refractivity contribution in [1.29, 1.82) is 0 Å². The van der Waals surface area contributed by atoms with Gasteiger partial charge < -0.3 is 14.8 Å². The van der Waals surface area contributed by atoms with Crippen LogP contribution in [0.25, 0.3) is 0 Å². The van der Waals surface area contributed by atoms with E-state index in [0.29, 0.717) is 19.1 Å². The Balaban J connectivity index is 0.00000180. The maximum Gasteiger partial charge on any atom is 0.123 e. The highest BCUT2D eigenvalue weighted by Crippen LogP contribution is 2.33. The first-order chi connectivity index (χ1) is 8.81. The number of hydrogen-bond donors (Lipinski definition) is 1. The molecule has 0 aromatic heterocycles. The second-order valence-corrected chi connectivity index (χ2v) is 4.91. The standard InChI is InChI=1S/C15H23NO2.ClH/c1-12-3-4-14(13-5-7-16-8-6-13)15(11-12)18-10-9-17-2;/h3-4,11,13,16H,5-10H2,1-2H3;1H. The van der Waals surface area contributed by atoms with Crippen molar-refractivity contribution >= 4 is 12.4 Å². The van der Waals surface area contributed by atoms with Crippen LogP contribution in [0.5, 0.6) is 5.75 Å². The van der Waals surface area contributed by atoms with Gasteiger partial charge >= 0.3 is 0 Å². The van der Waals surface area contributed by atoms with Crippen molar-refractivity contribution in [3.63, 3.8) is 0 Å². The normalized spacial score (nSPS) is 15.9. The highest BCUT2D eigenvalue weighted by atomic mass is 35.5. The molecule has 0 unspecified atom stereocenters. The molecule has 0 radical (unpaired) electrons. The summed E-state index contributed by atoms with van der Waals surface area (Å²) in [5, 5.41) is 3.41. The molecule has 2 rings (SSSR count). The van der Waals surface area contributed by atoms with Crippen molar-refractivity contribution < 1.29 is 9.47 Å². The molecule has 1 N–H and O–H groups in total. The molecule has 0 spiro atoms. The molecule has 1 aromatic rings. The van der Waals surface area contributed by atoms with Gasteiger partial charge in [-0.2, -0.15) is 0 Å². The lowest BCUT2D eigenvalue weighted by molar-refractivity contribution is 0.145. The number of methoxy groups -OCH3 is 1. The minimum Gasteiger partial charge on any atom is -0.491 e. The van der Waals surface area contributed by atoms with E-state index in [1.54, 1.807) is 7.11 Å². The van der Waals surface area contributed by atoms with Gasteiger partial charge in [0.1, 0.15) is 12.4 Å². The molecule has 108 valence electrons. The van der Waals surface area contributed by atoms with Crippen molar-refractivity contribution in [2.24, 2.45) is 0 Å². The van der Waals surface area contributed by atoms with Gasteiger partial charge in [-0.1, -0.05) is 12.1 Å². The minimum atomic E-state index is 0. The monoisotopic (exact) mass is 285 g/mol. The zero-order valence-electron chi connectivity index (χ0n) is 11.8. The second-order valence-electron chi connectivity index (χ2n) is 4.91. The molecular formula is C15H24ClNO2. The Kier molecular flexibility index (Phi) is 7.21. The highest BCUT2D eigenvalue weighted by Gasteiger charge is 2.18. The van der Waals surface area contributed by atoms with Crippen LogP contribution in [0.4, 0.5) is 0 Å². The van der Waals surface area contributed by atoms with E-state index in [4.69, 9.17) is 9.47 Å². The van der Waals surface area contributed by atoms with Crippen molar-refractivity contribution in [2.45, 2.75) is 25.7 Å². The number of aryl methyl sites for hydroxylation is 1. The van der Waals surface area contributed by atoms with Crippen LogP contribution in [0.2, 0.25) is 0 Å². The third-order valence-electron chi connectivity index (χ3n) is 3.49. The van der Waals surface area contributed by atoms with Gasteiger partial charge in [0.05, 0.1) is 6.61 Å². The summed E-state index contributed by atoms with van der Waals surface area (Å²) in [7, 11) is 1.70. The van der Waals surface area contributed by atoms with E-state index < -0.39 is 0 Å². The number of halogens is 1. The Labute approximate surface area is 122 Å². The maximum absolute atomic E-state index is 5.87. The van der Waals surface area contributed by atoms with E-state index in [1.165, 1.54) is 24.0 Å². The average Bonchev–Trinajstić information content (AvgIpc) is 2.40. The topological polar surface area (TPSA) is 30.5 Å². The number of nitrogens with one attached hydrogen (secondary N) is 1. The van der Waals surface area contributed by atoms with Gasteiger partial charge in [-0.15, -0.1) is 12.4 Å². The summed E-state index contributed by atoms with van der Waals surface area (Å²) in [6.07, 6.45) is 2.40. The fraction of sp³-hybridized carbons (Fsp3) is 0.600. The molecule has 0 aliphatic carbocycles. The Hall–Kier alpha value is -0.770. The van der Waals surface area contributed by atoms with Gasteiger partial charge in [-0.25, -0.2) is 0 Å². The number of hydrogen-bond acceptors (Lipinski definition) is 3. The summed E-state index contributed by atoms with van der Waals surface area (Å²) >= 11 is 0. The number of piperidine rings is 1. The van der Waals surface area contributed by atoms with E-state index in [9.17, 15) is 0 Å². The summed E-state index contributed by atoms with van der Waals surface area (Å²) in [6.45, 7) is 5.58. The Bertz CT molecular complexity index is 378. The van der Waals surface area contributed by atoms with E-state index in [2.05, 4.69) is 30.4 Å². The molecule has 1 aromatic carbocycles. The van der Waals surface area contributed by atoms with Crippen molar-refractivity contribution in [3.8, 4) is 5.75 Å². The molecule has 1 aliphatic heterocycles. The lowest BCUT2D eigenvalue weighted by Crippen LogP contribution is -2.27. The van der Waals surface area contributed by atoms with Crippen molar-refractivity contribution in [3.05, 3.63) is 29.3 Å². The molecule has 0 amide bonds. The fourth-order valence-electron chi connectivity index (χ4n) is 2.47. The summed E-state index contributed by atoms with van der Waals surface area (Å²) < 4.78 is 10.9. The molecule has 19 heavy (non-hydrogen) atoms.